The van der Waals surface area contributed by atoms with Crippen molar-refractivity contribution in [2.45, 2.75) is 18.3 Å². The molecule has 0 radical (unpaired) electrons. The number of aliphatic hydroxyl groups excluding tert-OH is 1. The first-order chi connectivity index (χ1) is 11.3. The van der Waals surface area contributed by atoms with Crippen molar-refractivity contribution >= 4 is 17.7 Å². The number of likely N-dealkylation sites (N-methyl/N-ethyl adjacent to an activating group) is 1. The topological polar surface area (TPSA) is 61.8 Å². The number of amides is 1. The number of carbonyl (C=O) groups is 1. The molecule has 134 valence electrons. The number of thioether (sulfide) groups is 1. The third-order valence-corrected chi connectivity index (χ3v) is 4.44. The minimum Gasteiger partial charge on any atom is -0.491 e. The normalized spacial score (nSPS) is 19.1. The Hall–Kier alpha value is -1.45. The predicted octanol–water partition coefficient (Wildman–Crippen LogP) is 1.57. The van der Waals surface area contributed by atoms with Gasteiger partial charge in [-0.2, -0.15) is 13.2 Å². The minimum absolute atomic E-state index is 0.0856. The number of hydrogen-bond donors (Lipinski definition) is 2. The molecule has 1 saturated heterocycles. The molecule has 0 unspecified atom stereocenters. The van der Waals surface area contributed by atoms with E-state index in [0.29, 0.717) is 5.75 Å². The molecule has 5 nitrogen and oxygen atoms in total. The molecule has 9 heteroatoms. The first-order valence-electron chi connectivity index (χ1n) is 7.31. The molecule has 1 heterocycles. The van der Waals surface area contributed by atoms with Gasteiger partial charge in [-0.3, -0.25) is 10.1 Å². The smallest absolute Gasteiger partial charge is 0.416 e. The number of rotatable bonds is 6. The molecule has 0 aliphatic carbocycles. The van der Waals surface area contributed by atoms with E-state index in [9.17, 15) is 23.1 Å². The fourth-order valence-corrected chi connectivity index (χ4v) is 3.14. The van der Waals surface area contributed by atoms with Crippen molar-refractivity contribution < 1.29 is 27.8 Å². The van der Waals surface area contributed by atoms with E-state index in [-0.39, 0.29) is 30.9 Å². The second-order valence-corrected chi connectivity index (χ2v) is 6.51. The van der Waals surface area contributed by atoms with Crippen LogP contribution in [0.5, 0.6) is 5.75 Å². The fourth-order valence-electron chi connectivity index (χ4n) is 2.21. The van der Waals surface area contributed by atoms with Gasteiger partial charge in [0.2, 0.25) is 5.91 Å². The van der Waals surface area contributed by atoms with Crippen LogP contribution in [0.15, 0.2) is 24.3 Å². The molecule has 0 bridgehead atoms. The van der Waals surface area contributed by atoms with Gasteiger partial charge in [0.25, 0.3) is 0 Å². The summed E-state index contributed by atoms with van der Waals surface area (Å²) in [4.78, 5) is 13.5. The highest BCUT2D eigenvalue weighted by molar-refractivity contribution is 7.99. The second-order valence-electron chi connectivity index (χ2n) is 5.48. The molecule has 0 saturated carbocycles. The summed E-state index contributed by atoms with van der Waals surface area (Å²) in [7, 11) is 1.59. The highest BCUT2D eigenvalue weighted by Gasteiger charge is 2.30. The Morgan fingerprint density at radius 1 is 1.46 bits per heavy atom. The van der Waals surface area contributed by atoms with Gasteiger partial charge in [-0.1, -0.05) is 0 Å². The predicted molar refractivity (Wildman–Crippen MR) is 84.8 cm³/mol. The van der Waals surface area contributed by atoms with Crippen LogP contribution in [0, 0.1) is 0 Å². The van der Waals surface area contributed by atoms with Crippen LogP contribution in [0.2, 0.25) is 0 Å². The molecule has 24 heavy (non-hydrogen) atoms. The molecule has 2 rings (SSSR count). The maximum Gasteiger partial charge on any atom is 0.416 e. The van der Waals surface area contributed by atoms with Gasteiger partial charge in [0.05, 0.1) is 11.6 Å². The molecule has 2 N–H and O–H groups in total. The average molecular weight is 364 g/mol. The summed E-state index contributed by atoms with van der Waals surface area (Å²) in [6, 6.07) is 3.98. The minimum atomic E-state index is -4.40. The molecule has 1 amide bonds. The second kappa shape index (κ2) is 8.09. The number of alkyl halides is 3. The van der Waals surface area contributed by atoms with Gasteiger partial charge in [0, 0.05) is 25.2 Å². The van der Waals surface area contributed by atoms with Crippen molar-refractivity contribution in [3.63, 3.8) is 0 Å². The lowest BCUT2D eigenvalue weighted by molar-refractivity contribution is -0.137. The van der Waals surface area contributed by atoms with Crippen LogP contribution in [0.4, 0.5) is 13.2 Å². The summed E-state index contributed by atoms with van der Waals surface area (Å²) < 4.78 is 42.6. The first kappa shape index (κ1) is 18.9. The van der Waals surface area contributed by atoms with Crippen LogP contribution in [0.25, 0.3) is 0 Å². The van der Waals surface area contributed by atoms with E-state index >= 15 is 0 Å². The molecule has 0 aromatic heterocycles. The number of aliphatic hydroxyl groups is 1. The van der Waals surface area contributed by atoms with E-state index in [1.54, 1.807) is 18.8 Å². The summed E-state index contributed by atoms with van der Waals surface area (Å²) in [5.41, 5.74) is -0.761. The van der Waals surface area contributed by atoms with E-state index in [2.05, 4.69) is 5.32 Å². The lowest BCUT2D eigenvalue weighted by atomic mass is 10.2. The van der Waals surface area contributed by atoms with Crippen LogP contribution in [-0.4, -0.2) is 59.9 Å². The standard InChI is InChI=1S/C15H19F3N2O3S/c1-20(14(22)13-8-24-9-19-13)6-11(21)7-23-12-4-2-10(3-5-12)15(16,17)18/h2-5,11,13,19,21H,6-9H2,1H3/t11-,13+/m1/s1. The van der Waals surface area contributed by atoms with Crippen molar-refractivity contribution in [1.29, 1.82) is 0 Å². The van der Waals surface area contributed by atoms with Gasteiger partial charge in [-0.15, -0.1) is 11.8 Å². The summed E-state index contributed by atoms with van der Waals surface area (Å²) in [5.74, 6) is 1.55. The Kier molecular flexibility index (Phi) is 6.36. The molecule has 1 aliphatic heterocycles. The molecule has 1 aromatic carbocycles. The number of benzene rings is 1. The summed E-state index contributed by atoms with van der Waals surface area (Å²) in [6.07, 6.45) is -5.33. The SMILES string of the molecule is CN(C[C@@H](O)COc1ccc(C(F)(F)F)cc1)C(=O)[C@@H]1CSCN1. The van der Waals surface area contributed by atoms with Crippen molar-refractivity contribution in [2.75, 3.05) is 31.8 Å². The van der Waals surface area contributed by atoms with Gasteiger partial charge < -0.3 is 14.7 Å². The zero-order chi connectivity index (χ0) is 17.7. The van der Waals surface area contributed by atoms with Crippen molar-refractivity contribution in [1.82, 2.24) is 10.2 Å². The van der Waals surface area contributed by atoms with Crippen LogP contribution in [0.3, 0.4) is 0 Å². The highest BCUT2D eigenvalue weighted by Crippen LogP contribution is 2.30. The molecule has 1 aromatic rings. The van der Waals surface area contributed by atoms with E-state index in [4.69, 9.17) is 4.74 Å². The van der Waals surface area contributed by atoms with Gasteiger partial charge in [-0.25, -0.2) is 0 Å². The molecule has 1 fully saturated rings. The van der Waals surface area contributed by atoms with Crippen LogP contribution < -0.4 is 10.1 Å². The van der Waals surface area contributed by atoms with E-state index in [1.165, 1.54) is 17.0 Å². The third kappa shape index (κ3) is 5.29. The fraction of sp³-hybridized carbons (Fsp3) is 0.533. The average Bonchev–Trinajstić information content (AvgIpc) is 3.06. The first-order valence-corrected chi connectivity index (χ1v) is 8.47. The van der Waals surface area contributed by atoms with Gasteiger partial charge in [0.15, 0.2) is 0 Å². The number of nitrogens with zero attached hydrogens (tertiary/aromatic N) is 1. The number of hydrogen-bond acceptors (Lipinski definition) is 5. The summed E-state index contributed by atoms with van der Waals surface area (Å²) in [5, 5.41) is 13.0. The third-order valence-electron chi connectivity index (χ3n) is 3.50. The van der Waals surface area contributed by atoms with Gasteiger partial charge in [0.1, 0.15) is 18.5 Å². The van der Waals surface area contributed by atoms with E-state index < -0.39 is 17.8 Å². The maximum atomic E-state index is 12.5. The van der Waals surface area contributed by atoms with Gasteiger partial charge in [-0.05, 0) is 24.3 Å². The van der Waals surface area contributed by atoms with Crippen molar-refractivity contribution in [3.8, 4) is 5.75 Å². The lowest BCUT2D eigenvalue weighted by Gasteiger charge is -2.23. The Bertz CT molecular complexity index is 548. The Morgan fingerprint density at radius 2 is 2.12 bits per heavy atom. The monoisotopic (exact) mass is 364 g/mol. The van der Waals surface area contributed by atoms with Crippen molar-refractivity contribution in [2.24, 2.45) is 0 Å². The largest absolute Gasteiger partial charge is 0.491 e. The molecule has 2 atom stereocenters. The summed E-state index contributed by atoms with van der Waals surface area (Å²) in [6.45, 7) is -0.0296. The quantitative estimate of drug-likeness (QED) is 0.802. The zero-order valence-electron chi connectivity index (χ0n) is 13.0. The van der Waals surface area contributed by atoms with E-state index in [0.717, 1.165) is 18.0 Å². The molecule has 1 aliphatic rings. The molecular weight excluding hydrogens is 345 g/mol. The van der Waals surface area contributed by atoms with Crippen molar-refractivity contribution in [3.05, 3.63) is 29.8 Å². The number of ether oxygens (including phenoxy) is 1. The Labute approximate surface area is 142 Å². The summed E-state index contributed by atoms with van der Waals surface area (Å²) >= 11 is 1.63. The zero-order valence-corrected chi connectivity index (χ0v) is 13.9. The van der Waals surface area contributed by atoms with Gasteiger partial charge >= 0.3 is 6.18 Å². The maximum absolute atomic E-state index is 12.5. The lowest BCUT2D eigenvalue weighted by Crippen LogP contribution is -2.46. The Balaban J connectivity index is 1.78. The van der Waals surface area contributed by atoms with Crippen LogP contribution in [0.1, 0.15) is 5.56 Å². The molecule has 0 spiro atoms. The molecular formula is C15H19F3N2O3S. The number of nitrogens with one attached hydrogen (secondary N) is 1. The van der Waals surface area contributed by atoms with Crippen LogP contribution in [-0.2, 0) is 11.0 Å². The highest BCUT2D eigenvalue weighted by atomic mass is 32.2. The van der Waals surface area contributed by atoms with E-state index in [1.807, 2.05) is 0 Å². The number of carbonyl (C=O) groups excluding carboxylic acids is 1. The Morgan fingerprint density at radius 3 is 2.67 bits per heavy atom. The van der Waals surface area contributed by atoms with Crippen LogP contribution >= 0.6 is 11.8 Å². The number of halogens is 3.